The summed E-state index contributed by atoms with van der Waals surface area (Å²) in [5, 5.41) is 3.46. The summed E-state index contributed by atoms with van der Waals surface area (Å²) in [4.78, 5) is 0. The fraction of sp³-hybridized carbons (Fsp3) is 0.625. The van der Waals surface area contributed by atoms with Crippen molar-refractivity contribution in [2.45, 2.75) is 45.6 Å². The Hall–Kier alpha value is -1.22. The summed E-state index contributed by atoms with van der Waals surface area (Å²) in [5.74, 6) is 2.32. The molecule has 19 heavy (non-hydrogen) atoms. The SMILES string of the molecule is CCOc1cc(C2CCCNC2)ccc1OC(C)C. The Kier molecular flexibility index (Phi) is 5.08. The summed E-state index contributed by atoms with van der Waals surface area (Å²) in [7, 11) is 0. The second kappa shape index (κ2) is 6.80. The molecule has 0 bridgehead atoms. The van der Waals surface area contributed by atoms with E-state index in [2.05, 4.69) is 23.5 Å². The first-order chi connectivity index (χ1) is 9.20. The summed E-state index contributed by atoms with van der Waals surface area (Å²) < 4.78 is 11.5. The summed E-state index contributed by atoms with van der Waals surface area (Å²) >= 11 is 0. The average Bonchev–Trinajstić information content (AvgIpc) is 2.41. The molecule has 1 heterocycles. The van der Waals surface area contributed by atoms with E-state index >= 15 is 0 Å². The van der Waals surface area contributed by atoms with Crippen LogP contribution in [-0.2, 0) is 0 Å². The first kappa shape index (κ1) is 14.2. The molecule has 0 aromatic heterocycles. The van der Waals surface area contributed by atoms with Crippen molar-refractivity contribution in [1.82, 2.24) is 5.32 Å². The first-order valence-electron chi connectivity index (χ1n) is 7.34. The molecule has 1 aromatic carbocycles. The monoisotopic (exact) mass is 263 g/mol. The maximum Gasteiger partial charge on any atom is 0.161 e. The van der Waals surface area contributed by atoms with E-state index in [-0.39, 0.29) is 6.10 Å². The van der Waals surface area contributed by atoms with E-state index < -0.39 is 0 Å². The summed E-state index contributed by atoms with van der Waals surface area (Å²) in [6, 6.07) is 6.38. The van der Waals surface area contributed by atoms with E-state index in [4.69, 9.17) is 9.47 Å². The predicted octanol–water partition coefficient (Wildman–Crippen LogP) is 3.34. The fourth-order valence-electron chi connectivity index (χ4n) is 2.53. The van der Waals surface area contributed by atoms with Crippen LogP contribution in [0.15, 0.2) is 18.2 Å². The molecule has 0 amide bonds. The van der Waals surface area contributed by atoms with Gasteiger partial charge >= 0.3 is 0 Å². The molecule has 1 saturated heterocycles. The average molecular weight is 263 g/mol. The van der Waals surface area contributed by atoms with Gasteiger partial charge in [-0.1, -0.05) is 6.07 Å². The molecule has 3 nitrogen and oxygen atoms in total. The maximum absolute atomic E-state index is 5.80. The zero-order valence-corrected chi connectivity index (χ0v) is 12.2. The second-order valence-corrected chi connectivity index (χ2v) is 5.35. The van der Waals surface area contributed by atoms with Gasteiger partial charge in [-0.05, 0) is 63.8 Å². The van der Waals surface area contributed by atoms with E-state index in [1.807, 2.05) is 20.8 Å². The van der Waals surface area contributed by atoms with Gasteiger partial charge in [0.05, 0.1) is 12.7 Å². The third-order valence-corrected chi connectivity index (χ3v) is 3.40. The Morgan fingerprint density at radius 3 is 2.79 bits per heavy atom. The van der Waals surface area contributed by atoms with Gasteiger partial charge in [0.2, 0.25) is 0 Å². The number of ether oxygens (including phenoxy) is 2. The summed E-state index contributed by atoms with van der Waals surface area (Å²) in [5.41, 5.74) is 1.35. The first-order valence-corrected chi connectivity index (χ1v) is 7.34. The molecule has 1 atom stereocenters. The minimum Gasteiger partial charge on any atom is -0.490 e. The third-order valence-electron chi connectivity index (χ3n) is 3.40. The highest BCUT2D eigenvalue weighted by Gasteiger charge is 2.17. The molecule has 1 unspecified atom stereocenters. The van der Waals surface area contributed by atoms with Gasteiger partial charge in [-0.15, -0.1) is 0 Å². The van der Waals surface area contributed by atoms with Gasteiger partial charge in [0, 0.05) is 6.54 Å². The van der Waals surface area contributed by atoms with Crippen LogP contribution in [-0.4, -0.2) is 25.8 Å². The van der Waals surface area contributed by atoms with Gasteiger partial charge in [0.25, 0.3) is 0 Å². The molecule has 1 aliphatic heterocycles. The largest absolute Gasteiger partial charge is 0.490 e. The van der Waals surface area contributed by atoms with Crippen molar-refractivity contribution in [2.75, 3.05) is 19.7 Å². The summed E-state index contributed by atoms with van der Waals surface area (Å²) in [6.45, 7) is 8.96. The van der Waals surface area contributed by atoms with Crippen molar-refractivity contribution >= 4 is 0 Å². The lowest BCUT2D eigenvalue weighted by Gasteiger charge is -2.24. The van der Waals surface area contributed by atoms with Crippen molar-refractivity contribution in [3.63, 3.8) is 0 Å². The molecule has 2 rings (SSSR count). The highest BCUT2D eigenvalue weighted by Crippen LogP contribution is 2.33. The lowest BCUT2D eigenvalue weighted by Crippen LogP contribution is -2.28. The van der Waals surface area contributed by atoms with Gasteiger partial charge in [0.15, 0.2) is 11.5 Å². The standard InChI is InChI=1S/C16H25NO2/c1-4-18-16-10-13(14-6-5-9-17-11-14)7-8-15(16)19-12(2)3/h7-8,10,12,14,17H,4-6,9,11H2,1-3H3. The lowest BCUT2D eigenvalue weighted by molar-refractivity contribution is 0.223. The van der Waals surface area contributed by atoms with Gasteiger partial charge in [-0.25, -0.2) is 0 Å². The Balaban J connectivity index is 2.19. The maximum atomic E-state index is 5.80. The Morgan fingerprint density at radius 2 is 2.16 bits per heavy atom. The van der Waals surface area contributed by atoms with Gasteiger partial charge < -0.3 is 14.8 Å². The molecule has 1 aliphatic rings. The predicted molar refractivity (Wildman–Crippen MR) is 78.2 cm³/mol. The smallest absolute Gasteiger partial charge is 0.161 e. The minimum atomic E-state index is 0.168. The number of piperidine rings is 1. The molecular weight excluding hydrogens is 238 g/mol. The molecule has 0 spiro atoms. The summed E-state index contributed by atoms with van der Waals surface area (Å²) in [6.07, 6.45) is 2.67. The van der Waals surface area contributed by atoms with E-state index in [1.54, 1.807) is 0 Å². The number of hydrogen-bond donors (Lipinski definition) is 1. The van der Waals surface area contributed by atoms with Gasteiger partial charge in [-0.3, -0.25) is 0 Å². The van der Waals surface area contributed by atoms with Gasteiger partial charge in [0.1, 0.15) is 0 Å². The zero-order chi connectivity index (χ0) is 13.7. The highest BCUT2D eigenvalue weighted by atomic mass is 16.5. The molecule has 106 valence electrons. The van der Waals surface area contributed by atoms with Crippen molar-refractivity contribution in [2.24, 2.45) is 0 Å². The Labute approximate surface area is 116 Å². The molecule has 1 aromatic rings. The number of nitrogens with one attached hydrogen (secondary N) is 1. The molecule has 0 aliphatic carbocycles. The topological polar surface area (TPSA) is 30.5 Å². The van der Waals surface area contributed by atoms with Gasteiger partial charge in [-0.2, -0.15) is 0 Å². The van der Waals surface area contributed by atoms with Crippen LogP contribution in [0, 0.1) is 0 Å². The Bertz CT molecular complexity index is 398. The van der Waals surface area contributed by atoms with Crippen molar-refractivity contribution in [1.29, 1.82) is 0 Å². The molecule has 1 fully saturated rings. The Morgan fingerprint density at radius 1 is 1.32 bits per heavy atom. The quantitative estimate of drug-likeness (QED) is 0.884. The highest BCUT2D eigenvalue weighted by molar-refractivity contribution is 5.44. The van der Waals surface area contributed by atoms with Crippen molar-refractivity contribution in [3.05, 3.63) is 23.8 Å². The fourth-order valence-corrected chi connectivity index (χ4v) is 2.53. The van der Waals surface area contributed by atoms with Crippen molar-refractivity contribution in [3.8, 4) is 11.5 Å². The van der Waals surface area contributed by atoms with Crippen LogP contribution < -0.4 is 14.8 Å². The van der Waals surface area contributed by atoms with Crippen molar-refractivity contribution < 1.29 is 9.47 Å². The van der Waals surface area contributed by atoms with Crippen LogP contribution in [0.1, 0.15) is 45.1 Å². The lowest BCUT2D eigenvalue weighted by atomic mass is 9.91. The van der Waals surface area contributed by atoms with Crippen LogP contribution in [0.2, 0.25) is 0 Å². The molecule has 0 radical (unpaired) electrons. The molecule has 1 N–H and O–H groups in total. The van der Waals surface area contributed by atoms with E-state index in [1.165, 1.54) is 18.4 Å². The number of hydrogen-bond acceptors (Lipinski definition) is 3. The molecular formula is C16H25NO2. The second-order valence-electron chi connectivity index (χ2n) is 5.35. The molecule has 0 saturated carbocycles. The van der Waals surface area contributed by atoms with Crippen LogP contribution in [0.4, 0.5) is 0 Å². The number of rotatable bonds is 5. The normalized spacial score (nSPS) is 19.5. The van der Waals surface area contributed by atoms with Crippen LogP contribution >= 0.6 is 0 Å². The number of benzene rings is 1. The van der Waals surface area contributed by atoms with E-state index in [9.17, 15) is 0 Å². The van der Waals surface area contributed by atoms with E-state index in [0.717, 1.165) is 24.6 Å². The zero-order valence-electron chi connectivity index (χ0n) is 12.2. The van der Waals surface area contributed by atoms with Crippen LogP contribution in [0.25, 0.3) is 0 Å². The third kappa shape index (κ3) is 3.87. The minimum absolute atomic E-state index is 0.168. The van der Waals surface area contributed by atoms with Crippen LogP contribution in [0.5, 0.6) is 11.5 Å². The van der Waals surface area contributed by atoms with E-state index in [0.29, 0.717) is 12.5 Å². The van der Waals surface area contributed by atoms with Crippen LogP contribution in [0.3, 0.4) is 0 Å². The molecule has 3 heteroatoms.